The number of hydrogen-bond acceptors (Lipinski definition) is 5. The maximum atomic E-state index is 12.6. The van der Waals surface area contributed by atoms with E-state index in [0.717, 1.165) is 18.2 Å². The minimum atomic E-state index is -4.45. The monoisotopic (exact) mass is 382 g/mol. The normalized spacial score (nSPS) is 12.7. The summed E-state index contributed by atoms with van der Waals surface area (Å²) in [5.74, 6) is -0.282. The van der Waals surface area contributed by atoms with E-state index in [2.05, 4.69) is 0 Å². The van der Waals surface area contributed by atoms with Crippen molar-refractivity contribution in [2.45, 2.75) is 12.7 Å². The predicted octanol–water partition coefficient (Wildman–Crippen LogP) is 3.61. The molecule has 7 nitrogen and oxygen atoms in total. The van der Waals surface area contributed by atoms with Crippen molar-refractivity contribution in [3.63, 3.8) is 0 Å². The van der Waals surface area contributed by atoms with Gasteiger partial charge < -0.3 is 14.4 Å². The Morgan fingerprint density at radius 3 is 2.33 bits per heavy atom. The number of halogens is 3. The fourth-order valence-electron chi connectivity index (χ4n) is 2.60. The van der Waals surface area contributed by atoms with Crippen LogP contribution in [0.5, 0.6) is 11.5 Å². The second-order valence-electron chi connectivity index (χ2n) is 5.84. The molecule has 0 radical (unpaired) electrons. The van der Waals surface area contributed by atoms with Crippen LogP contribution in [0.4, 0.5) is 18.9 Å². The van der Waals surface area contributed by atoms with E-state index in [1.807, 2.05) is 0 Å². The minimum Gasteiger partial charge on any atom is -0.454 e. The summed E-state index contributed by atoms with van der Waals surface area (Å²) in [4.78, 5) is 24.4. The molecule has 0 saturated carbocycles. The number of amides is 1. The fourth-order valence-corrected chi connectivity index (χ4v) is 2.60. The number of rotatable bonds is 4. The van der Waals surface area contributed by atoms with Crippen LogP contribution in [0.2, 0.25) is 0 Å². The van der Waals surface area contributed by atoms with Crippen molar-refractivity contribution in [3.8, 4) is 11.5 Å². The Morgan fingerprint density at radius 2 is 1.78 bits per heavy atom. The zero-order valence-corrected chi connectivity index (χ0v) is 13.9. The molecule has 0 N–H and O–H groups in total. The Balaban J connectivity index is 1.82. The number of nitro groups is 1. The minimum absolute atomic E-state index is 0.0252. The van der Waals surface area contributed by atoms with Crippen molar-refractivity contribution < 1.29 is 32.4 Å². The molecule has 3 rings (SSSR count). The van der Waals surface area contributed by atoms with Crippen LogP contribution in [0.1, 0.15) is 21.5 Å². The van der Waals surface area contributed by atoms with Crippen LogP contribution in [-0.4, -0.2) is 29.6 Å². The number of alkyl halides is 3. The lowest BCUT2D eigenvalue weighted by atomic mass is 10.1. The number of fused-ring (bicyclic) bond motifs is 1. The van der Waals surface area contributed by atoms with E-state index in [1.54, 1.807) is 0 Å². The molecule has 0 saturated heterocycles. The molecule has 10 heteroatoms. The fraction of sp³-hybridized carbons (Fsp3) is 0.235. The first-order valence-electron chi connectivity index (χ1n) is 7.66. The third kappa shape index (κ3) is 3.78. The van der Waals surface area contributed by atoms with Crippen molar-refractivity contribution in [1.29, 1.82) is 0 Å². The average Bonchev–Trinajstić information content (AvgIpc) is 3.07. The zero-order chi connectivity index (χ0) is 19.8. The third-order valence-electron chi connectivity index (χ3n) is 3.97. The van der Waals surface area contributed by atoms with E-state index < -0.39 is 28.3 Å². The van der Waals surface area contributed by atoms with E-state index >= 15 is 0 Å². The van der Waals surface area contributed by atoms with Gasteiger partial charge in [0.15, 0.2) is 11.5 Å². The van der Waals surface area contributed by atoms with Gasteiger partial charge in [-0.2, -0.15) is 13.2 Å². The summed E-state index contributed by atoms with van der Waals surface area (Å²) in [6, 6.07) is 6.67. The standard InChI is InChI=1S/C17H13F3N2O5/c1-21(8-10-2-4-11(5-3-10)17(18,19)20)16(23)12-6-14-15(27-9-26-14)7-13(12)22(24)25/h2-7H,8-9H2,1H3. The number of hydrogen-bond donors (Lipinski definition) is 0. The van der Waals surface area contributed by atoms with Crippen LogP contribution in [0, 0.1) is 10.1 Å². The molecule has 0 unspecified atom stereocenters. The maximum Gasteiger partial charge on any atom is 0.416 e. The van der Waals surface area contributed by atoms with Crippen LogP contribution in [-0.2, 0) is 12.7 Å². The summed E-state index contributed by atoms with van der Waals surface area (Å²) in [7, 11) is 1.40. The summed E-state index contributed by atoms with van der Waals surface area (Å²) in [5, 5.41) is 11.3. The van der Waals surface area contributed by atoms with E-state index in [9.17, 15) is 28.1 Å². The molecule has 1 heterocycles. The molecule has 27 heavy (non-hydrogen) atoms. The number of nitrogens with zero attached hydrogens (tertiary/aromatic N) is 2. The molecule has 0 bridgehead atoms. The van der Waals surface area contributed by atoms with E-state index in [1.165, 1.54) is 30.1 Å². The number of carbonyl (C=O) groups excluding carboxylic acids is 1. The summed E-state index contributed by atoms with van der Waals surface area (Å²) in [6.07, 6.45) is -4.45. The Kier molecular flexibility index (Phi) is 4.64. The molecule has 0 aliphatic carbocycles. The van der Waals surface area contributed by atoms with E-state index in [4.69, 9.17) is 9.47 Å². The lowest BCUT2D eigenvalue weighted by molar-refractivity contribution is -0.385. The van der Waals surface area contributed by atoms with Gasteiger partial charge in [0.1, 0.15) is 5.56 Å². The summed E-state index contributed by atoms with van der Waals surface area (Å²) >= 11 is 0. The Labute approximate surface area is 151 Å². The van der Waals surface area contributed by atoms with Crippen LogP contribution < -0.4 is 9.47 Å². The molecule has 1 aliphatic heterocycles. The molecular weight excluding hydrogens is 369 g/mol. The largest absolute Gasteiger partial charge is 0.454 e. The molecule has 1 aliphatic rings. The number of carbonyl (C=O) groups is 1. The summed E-state index contributed by atoms with van der Waals surface area (Å²) < 4.78 is 48.1. The molecular formula is C17H13F3N2O5. The first-order valence-corrected chi connectivity index (χ1v) is 7.66. The number of ether oxygens (including phenoxy) is 2. The molecule has 0 aromatic heterocycles. The highest BCUT2D eigenvalue weighted by molar-refractivity contribution is 5.99. The third-order valence-corrected chi connectivity index (χ3v) is 3.97. The van der Waals surface area contributed by atoms with E-state index in [-0.39, 0.29) is 30.4 Å². The molecule has 0 spiro atoms. The number of benzene rings is 2. The van der Waals surface area contributed by atoms with Gasteiger partial charge in [0.2, 0.25) is 6.79 Å². The van der Waals surface area contributed by atoms with Crippen molar-refractivity contribution >= 4 is 11.6 Å². The average molecular weight is 382 g/mol. The van der Waals surface area contributed by atoms with Crippen molar-refractivity contribution in [2.24, 2.45) is 0 Å². The zero-order valence-electron chi connectivity index (χ0n) is 13.9. The van der Waals surface area contributed by atoms with Gasteiger partial charge in [0, 0.05) is 19.7 Å². The first-order chi connectivity index (χ1) is 12.7. The second kappa shape index (κ2) is 6.78. The quantitative estimate of drug-likeness (QED) is 0.596. The highest BCUT2D eigenvalue weighted by Crippen LogP contribution is 2.38. The lowest BCUT2D eigenvalue weighted by Gasteiger charge is -2.18. The van der Waals surface area contributed by atoms with E-state index in [0.29, 0.717) is 5.56 Å². The van der Waals surface area contributed by atoms with Gasteiger partial charge in [-0.15, -0.1) is 0 Å². The van der Waals surface area contributed by atoms with Gasteiger partial charge in [-0.05, 0) is 17.7 Å². The number of nitro benzene ring substituents is 1. The SMILES string of the molecule is CN(Cc1ccc(C(F)(F)F)cc1)C(=O)c1cc2c(cc1[N+](=O)[O-])OCO2. The highest BCUT2D eigenvalue weighted by Gasteiger charge is 2.31. The van der Waals surface area contributed by atoms with Gasteiger partial charge >= 0.3 is 6.18 Å². The smallest absolute Gasteiger partial charge is 0.416 e. The molecule has 2 aromatic carbocycles. The summed E-state index contributed by atoms with van der Waals surface area (Å²) in [6.45, 7) is -0.131. The van der Waals surface area contributed by atoms with Crippen molar-refractivity contribution in [1.82, 2.24) is 4.90 Å². The molecule has 0 fully saturated rings. The molecule has 0 atom stereocenters. The topological polar surface area (TPSA) is 81.9 Å². The Hall–Kier alpha value is -3.30. The van der Waals surface area contributed by atoms with Crippen molar-refractivity contribution in [3.05, 3.63) is 63.2 Å². The molecule has 1 amide bonds. The van der Waals surface area contributed by atoms with Gasteiger partial charge in [-0.1, -0.05) is 12.1 Å². The van der Waals surface area contributed by atoms with Gasteiger partial charge in [-0.25, -0.2) is 0 Å². The summed E-state index contributed by atoms with van der Waals surface area (Å²) in [5.41, 5.74) is -0.990. The van der Waals surface area contributed by atoms with Gasteiger partial charge in [0.25, 0.3) is 11.6 Å². The van der Waals surface area contributed by atoms with Crippen LogP contribution in [0.3, 0.4) is 0 Å². The van der Waals surface area contributed by atoms with Crippen LogP contribution in [0.15, 0.2) is 36.4 Å². The highest BCUT2D eigenvalue weighted by atomic mass is 19.4. The maximum absolute atomic E-state index is 12.6. The molecule has 142 valence electrons. The van der Waals surface area contributed by atoms with Gasteiger partial charge in [-0.3, -0.25) is 14.9 Å². The Morgan fingerprint density at radius 1 is 1.19 bits per heavy atom. The first kappa shape index (κ1) is 18.5. The molecule has 2 aromatic rings. The second-order valence-corrected chi connectivity index (χ2v) is 5.84. The van der Waals surface area contributed by atoms with Crippen LogP contribution in [0.25, 0.3) is 0 Å². The Bertz CT molecular complexity index is 897. The lowest BCUT2D eigenvalue weighted by Crippen LogP contribution is -2.27. The van der Waals surface area contributed by atoms with Crippen molar-refractivity contribution in [2.75, 3.05) is 13.8 Å². The van der Waals surface area contributed by atoms with Gasteiger partial charge in [0.05, 0.1) is 16.6 Å². The predicted molar refractivity (Wildman–Crippen MR) is 86.5 cm³/mol. The van der Waals surface area contributed by atoms with Crippen LogP contribution >= 0.6 is 0 Å².